The summed E-state index contributed by atoms with van der Waals surface area (Å²) in [5.41, 5.74) is 0. The Labute approximate surface area is 112 Å². The second-order valence-electron chi connectivity index (χ2n) is 5.92. The molecule has 0 aromatic carbocycles. The van der Waals surface area contributed by atoms with Crippen LogP contribution < -0.4 is 10.6 Å². The maximum absolute atomic E-state index is 4.32. The summed E-state index contributed by atoms with van der Waals surface area (Å²) in [7, 11) is 1.88. The molecule has 0 atom stereocenters. The van der Waals surface area contributed by atoms with Gasteiger partial charge in [-0.25, -0.2) is 0 Å². The Bertz CT molecular complexity index is 250. The van der Waals surface area contributed by atoms with Crippen molar-refractivity contribution in [3.63, 3.8) is 0 Å². The molecule has 0 saturated heterocycles. The fraction of sp³-hybridized carbons (Fsp3) is 0.933. The first-order valence-corrected chi connectivity index (χ1v) is 7.85. The van der Waals surface area contributed by atoms with Crippen molar-refractivity contribution >= 4 is 5.96 Å². The topological polar surface area (TPSA) is 36.4 Å². The maximum Gasteiger partial charge on any atom is 0.191 e. The standard InChI is InChI=1S/C15H29N3/c1-16-15(18-14-10-4-5-11-14)17-12-6-9-13-7-2-3-8-13/h13-14H,2-12H2,1H3,(H2,16,17,18). The first-order valence-electron chi connectivity index (χ1n) is 7.85. The molecule has 0 aromatic heterocycles. The summed E-state index contributed by atoms with van der Waals surface area (Å²) in [6.45, 7) is 1.07. The van der Waals surface area contributed by atoms with E-state index < -0.39 is 0 Å². The van der Waals surface area contributed by atoms with E-state index >= 15 is 0 Å². The molecule has 2 N–H and O–H groups in total. The van der Waals surface area contributed by atoms with Crippen molar-refractivity contribution < 1.29 is 0 Å². The highest BCUT2D eigenvalue weighted by Crippen LogP contribution is 2.28. The Morgan fingerprint density at radius 2 is 1.72 bits per heavy atom. The van der Waals surface area contributed by atoms with Crippen LogP contribution in [0, 0.1) is 5.92 Å². The Hall–Kier alpha value is -0.730. The summed E-state index contributed by atoms with van der Waals surface area (Å²) < 4.78 is 0. The molecular formula is C15H29N3. The van der Waals surface area contributed by atoms with Crippen molar-refractivity contribution in [3.8, 4) is 0 Å². The molecule has 2 rings (SSSR count). The molecule has 2 fully saturated rings. The zero-order valence-corrected chi connectivity index (χ0v) is 11.9. The van der Waals surface area contributed by atoms with E-state index in [-0.39, 0.29) is 0 Å². The highest BCUT2D eigenvalue weighted by molar-refractivity contribution is 5.79. The predicted octanol–water partition coefficient (Wildman–Crippen LogP) is 3.06. The van der Waals surface area contributed by atoms with Crippen LogP contribution in [0.15, 0.2) is 4.99 Å². The van der Waals surface area contributed by atoms with E-state index in [0.29, 0.717) is 6.04 Å². The van der Waals surface area contributed by atoms with Crippen LogP contribution in [0.25, 0.3) is 0 Å². The fourth-order valence-electron chi connectivity index (χ4n) is 3.35. The lowest BCUT2D eigenvalue weighted by atomic mass is 10.0. The van der Waals surface area contributed by atoms with Crippen molar-refractivity contribution in [1.29, 1.82) is 0 Å². The van der Waals surface area contributed by atoms with Gasteiger partial charge in [0.1, 0.15) is 0 Å². The van der Waals surface area contributed by atoms with Gasteiger partial charge >= 0.3 is 0 Å². The Kier molecular flexibility index (Phi) is 5.82. The van der Waals surface area contributed by atoms with E-state index in [0.717, 1.165) is 18.4 Å². The number of aliphatic imine (C=N–C) groups is 1. The highest BCUT2D eigenvalue weighted by Gasteiger charge is 2.16. The van der Waals surface area contributed by atoms with Gasteiger partial charge in [0.2, 0.25) is 0 Å². The van der Waals surface area contributed by atoms with Crippen LogP contribution in [0.2, 0.25) is 0 Å². The van der Waals surface area contributed by atoms with Gasteiger partial charge in [-0.2, -0.15) is 0 Å². The monoisotopic (exact) mass is 251 g/mol. The van der Waals surface area contributed by atoms with Crippen LogP contribution in [0.5, 0.6) is 0 Å². The molecule has 0 heterocycles. The molecule has 18 heavy (non-hydrogen) atoms. The van der Waals surface area contributed by atoms with Crippen molar-refractivity contribution in [1.82, 2.24) is 10.6 Å². The molecule has 0 radical (unpaired) electrons. The lowest BCUT2D eigenvalue weighted by molar-refractivity contribution is 0.480. The fourth-order valence-corrected chi connectivity index (χ4v) is 3.35. The minimum absolute atomic E-state index is 0.658. The molecule has 3 heteroatoms. The number of nitrogens with zero attached hydrogens (tertiary/aromatic N) is 1. The number of nitrogens with one attached hydrogen (secondary N) is 2. The van der Waals surface area contributed by atoms with Crippen LogP contribution in [-0.4, -0.2) is 25.6 Å². The van der Waals surface area contributed by atoms with Crippen molar-refractivity contribution in [2.75, 3.05) is 13.6 Å². The molecule has 0 aromatic rings. The first-order chi connectivity index (χ1) is 8.88. The van der Waals surface area contributed by atoms with E-state index in [4.69, 9.17) is 0 Å². The average Bonchev–Trinajstić information content (AvgIpc) is 3.06. The molecule has 104 valence electrons. The maximum atomic E-state index is 4.32. The third kappa shape index (κ3) is 4.51. The van der Waals surface area contributed by atoms with E-state index in [9.17, 15) is 0 Å². The number of rotatable bonds is 5. The molecule has 0 amide bonds. The van der Waals surface area contributed by atoms with Crippen LogP contribution in [0.3, 0.4) is 0 Å². The van der Waals surface area contributed by atoms with E-state index in [1.807, 2.05) is 7.05 Å². The van der Waals surface area contributed by atoms with Gasteiger partial charge in [-0.05, 0) is 31.6 Å². The van der Waals surface area contributed by atoms with Crippen LogP contribution in [0.1, 0.15) is 64.2 Å². The molecule has 0 unspecified atom stereocenters. The van der Waals surface area contributed by atoms with E-state index in [1.165, 1.54) is 64.2 Å². The van der Waals surface area contributed by atoms with Crippen LogP contribution >= 0.6 is 0 Å². The predicted molar refractivity (Wildman–Crippen MR) is 77.9 cm³/mol. The lowest BCUT2D eigenvalue weighted by Gasteiger charge is -2.17. The normalized spacial score (nSPS) is 22.6. The Morgan fingerprint density at radius 1 is 1.06 bits per heavy atom. The SMILES string of the molecule is CN=C(NCCCC1CCCC1)NC1CCCC1. The van der Waals surface area contributed by atoms with Gasteiger partial charge in [0.05, 0.1) is 0 Å². The smallest absolute Gasteiger partial charge is 0.191 e. The minimum Gasteiger partial charge on any atom is -0.356 e. The summed E-state index contributed by atoms with van der Waals surface area (Å²) in [6.07, 6.45) is 13.9. The largest absolute Gasteiger partial charge is 0.356 e. The van der Waals surface area contributed by atoms with Gasteiger partial charge < -0.3 is 10.6 Å². The number of hydrogen-bond donors (Lipinski definition) is 2. The summed E-state index contributed by atoms with van der Waals surface area (Å²) in [6, 6.07) is 0.658. The van der Waals surface area contributed by atoms with Crippen molar-refractivity contribution in [2.24, 2.45) is 10.9 Å². The minimum atomic E-state index is 0.658. The third-order valence-electron chi connectivity index (χ3n) is 4.48. The van der Waals surface area contributed by atoms with Crippen LogP contribution in [0.4, 0.5) is 0 Å². The average molecular weight is 251 g/mol. The second kappa shape index (κ2) is 7.65. The van der Waals surface area contributed by atoms with Gasteiger partial charge in [0.15, 0.2) is 5.96 Å². The summed E-state index contributed by atoms with van der Waals surface area (Å²) in [5.74, 6) is 2.02. The highest BCUT2D eigenvalue weighted by atomic mass is 15.2. The van der Waals surface area contributed by atoms with Gasteiger partial charge in [0, 0.05) is 19.6 Å². The van der Waals surface area contributed by atoms with Crippen molar-refractivity contribution in [3.05, 3.63) is 0 Å². The number of hydrogen-bond acceptors (Lipinski definition) is 1. The summed E-state index contributed by atoms with van der Waals surface area (Å²) in [4.78, 5) is 4.32. The number of guanidine groups is 1. The Balaban J connectivity index is 1.55. The molecule has 0 aliphatic heterocycles. The van der Waals surface area contributed by atoms with Gasteiger partial charge in [-0.3, -0.25) is 4.99 Å². The Morgan fingerprint density at radius 3 is 2.39 bits per heavy atom. The molecule has 2 aliphatic rings. The van der Waals surface area contributed by atoms with E-state index in [1.54, 1.807) is 0 Å². The summed E-state index contributed by atoms with van der Waals surface area (Å²) >= 11 is 0. The van der Waals surface area contributed by atoms with E-state index in [2.05, 4.69) is 15.6 Å². The van der Waals surface area contributed by atoms with Gasteiger partial charge in [0.25, 0.3) is 0 Å². The molecule has 2 saturated carbocycles. The zero-order valence-electron chi connectivity index (χ0n) is 11.9. The zero-order chi connectivity index (χ0) is 12.6. The molecule has 2 aliphatic carbocycles. The molecular weight excluding hydrogens is 222 g/mol. The van der Waals surface area contributed by atoms with Crippen LogP contribution in [-0.2, 0) is 0 Å². The van der Waals surface area contributed by atoms with Gasteiger partial charge in [-0.15, -0.1) is 0 Å². The lowest BCUT2D eigenvalue weighted by Crippen LogP contribution is -2.42. The molecule has 0 bridgehead atoms. The first kappa shape index (κ1) is 13.7. The summed E-state index contributed by atoms with van der Waals surface area (Å²) in [5, 5.41) is 6.99. The molecule has 0 spiro atoms. The van der Waals surface area contributed by atoms with Crippen molar-refractivity contribution in [2.45, 2.75) is 70.3 Å². The molecule has 3 nitrogen and oxygen atoms in total. The van der Waals surface area contributed by atoms with Gasteiger partial charge in [-0.1, -0.05) is 38.5 Å². The third-order valence-corrected chi connectivity index (χ3v) is 4.48. The second-order valence-corrected chi connectivity index (χ2v) is 5.92. The quantitative estimate of drug-likeness (QED) is 0.447.